The van der Waals surface area contributed by atoms with E-state index < -0.39 is 0 Å². The van der Waals surface area contributed by atoms with Crippen molar-refractivity contribution < 1.29 is 9.18 Å². The molecule has 0 aliphatic carbocycles. The van der Waals surface area contributed by atoms with Gasteiger partial charge < -0.3 is 11.1 Å². The SMILES string of the molecule is Nc1ncccc1NCc1cc(CC(=O)c2cnc(-n3cccn3)cn2)ccc1F. The first-order chi connectivity index (χ1) is 14.6. The number of pyridine rings is 1. The van der Waals surface area contributed by atoms with Crippen LogP contribution in [0.25, 0.3) is 5.82 Å². The van der Waals surface area contributed by atoms with Gasteiger partial charge in [-0.05, 0) is 29.8 Å². The molecule has 0 saturated heterocycles. The highest BCUT2D eigenvalue weighted by Gasteiger charge is 2.12. The highest BCUT2D eigenvalue weighted by molar-refractivity contribution is 5.95. The van der Waals surface area contributed by atoms with Crippen molar-refractivity contribution in [2.24, 2.45) is 0 Å². The van der Waals surface area contributed by atoms with Crippen LogP contribution in [0.2, 0.25) is 0 Å². The molecular formula is C21H18FN7O. The summed E-state index contributed by atoms with van der Waals surface area (Å²) in [4.78, 5) is 25.0. The lowest BCUT2D eigenvalue weighted by Gasteiger charge is -2.10. The zero-order valence-electron chi connectivity index (χ0n) is 15.9. The number of halogens is 1. The van der Waals surface area contributed by atoms with Crippen LogP contribution in [0.15, 0.2) is 67.4 Å². The highest BCUT2D eigenvalue weighted by atomic mass is 19.1. The number of carbonyl (C=O) groups excluding carboxylic acids is 1. The summed E-state index contributed by atoms with van der Waals surface area (Å²) in [6.07, 6.45) is 7.92. The van der Waals surface area contributed by atoms with Gasteiger partial charge >= 0.3 is 0 Å². The van der Waals surface area contributed by atoms with Crippen molar-refractivity contribution in [1.82, 2.24) is 24.7 Å². The molecule has 3 heterocycles. The van der Waals surface area contributed by atoms with Crippen LogP contribution in [0.4, 0.5) is 15.9 Å². The third-order valence-electron chi connectivity index (χ3n) is 4.45. The van der Waals surface area contributed by atoms with E-state index in [0.717, 1.165) is 0 Å². The molecule has 0 aliphatic rings. The number of nitrogen functional groups attached to an aromatic ring is 1. The van der Waals surface area contributed by atoms with Gasteiger partial charge in [-0.3, -0.25) is 4.79 Å². The Kier molecular flexibility index (Phi) is 5.42. The number of nitrogens with two attached hydrogens (primary N) is 1. The summed E-state index contributed by atoms with van der Waals surface area (Å²) in [7, 11) is 0. The summed E-state index contributed by atoms with van der Waals surface area (Å²) in [5.41, 5.74) is 7.74. The Hall–Kier alpha value is -4.14. The fraction of sp³-hybridized carbons (Fsp3) is 0.0952. The van der Waals surface area contributed by atoms with Gasteiger partial charge in [-0.1, -0.05) is 12.1 Å². The maximum absolute atomic E-state index is 14.2. The first-order valence-corrected chi connectivity index (χ1v) is 9.17. The van der Waals surface area contributed by atoms with Crippen LogP contribution in [0, 0.1) is 5.82 Å². The van der Waals surface area contributed by atoms with E-state index in [4.69, 9.17) is 5.73 Å². The first kappa shape index (κ1) is 19.2. The zero-order valence-corrected chi connectivity index (χ0v) is 15.9. The van der Waals surface area contributed by atoms with E-state index in [1.54, 1.807) is 53.6 Å². The van der Waals surface area contributed by atoms with Crippen LogP contribution in [-0.2, 0) is 13.0 Å². The number of carbonyl (C=O) groups is 1. The molecule has 0 bridgehead atoms. The fourth-order valence-corrected chi connectivity index (χ4v) is 2.89. The predicted octanol–water partition coefficient (Wildman–Crippen LogP) is 2.82. The second kappa shape index (κ2) is 8.48. The summed E-state index contributed by atoms with van der Waals surface area (Å²) < 4.78 is 15.8. The molecule has 4 rings (SSSR count). The Morgan fingerprint density at radius 3 is 2.73 bits per heavy atom. The van der Waals surface area contributed by atoms with Gasteiger partial charge in [0.25, 0.3) is 0 Å². The summed E-state index contributed by atoms with van der Waals surface area (Å²) in [6.45, 7) is 0.210. The van der Waals surface area contributed by atoms with Crippen LogP contribution >= 0.6 is 0 Å². The van der Waals surface area contributed by atoms with Crippen molar-refractivity contribution in [3.8, 4) is 5.82 Å². The molecular weight excluding hydrogens is 385 g/mol. The zero-order chi connectivity index (χ0) is 20.9. The Morgan fingerprint density at radius 2 is 2.00 bits per heavy atom. The number of Topliss-reactive ketones (excluding diaryl/α,β-unsaturated/α-hetero) is 1. The highest BCUT2D eigenvalue weighted by Crippen LogP contribution is 2.18. The van der Waals surface area contributed by atoms with E-state index >= 15 is 0 Å². The topological polar surface area (TPSA) is 112 Å². The molecule has 0 spiro atoms. The summed E-state index contributed by atoms with van der Waals surface area (Å²) in [6, 6.07) is 9.85. The molecule has 0 radical (unpaired) electrons. The summed E-state index contributed by atoms with van der Waals surface area (Å²) in [5, 5.41) is 7.13. The van der Waals surface area contributed by atoms with E-state index in [0.29, 0.717) is 28.5 Å². The Balaban J connectivity index is 1.44. The average molecular weight is 403 g/mol. The predicted molar refractivity (Wildman–Crippen MR) is 110 cm³/mol. The van der Waals surface area contributed by atoms with Gasteiger partial charge in [-0.2, -0.15) is 5.10 Å². The quantitative estimate of drug-likeness (QED) is 0.456. The van der Waals surface area contributed by atoms with E-state index in [2.05, 4.69) is 25.4 Å². The number of nitrogens with one attached hydrogen (secondary N) is 1. The molecule has 1 aromatic carbocycles. The molecule has 9 heteroatoms. The van der Waals surface area contributed by atoms with Gasteiger partial charge in [-0.25, -0.2) is 24.0 Å². The molecule has 0 fully saturated rings. The van der Waals surface area contributed by atoms with Crippen molar-refractivity contribution in [3.63, 3.8) is 0 Å². The number of nitrogens with zero attached hydrogens (tertiary/aromatic N) is 5. The lowest BCUT2D eigenvalue weighted by molar-refractivity contribution is 0.0988. The molecule has 3 aromatic heterocycles. The molecule has 0 aliphatic heterocycles. The Morgan fingerprint density at radius 1 is 1.10 bits per heavy atom. The van der Waals surface area contributed by atoms with Gasteiger partial charge in [0, 0.05) is 37.1 Å². The number of aromatic nitrogens is 5. The largest absolute Gasteiger partial charge is 0.382 e. The molecule has 3 N–H and O–H groups in total. The van der Waals surface area contributed by atoms with E-state index in [-0.39, 0.29) is 30.3 Å². The minimum absolute atomic E-state index is 0.0815. The molecule has 0 amide bonds. The maximum atomic E-state index is 14.2. The van der Waals surface area contributed by atoms with Crippen LogP contribution in [0.1, 0.15) is 21.6 Å². The van der Waals surface area contributed by atoms with E-state index in [1.807, 2.05) is 0 Å². The number of hydrogen-bond donors (Lipinski definition) is 2. The van der Waals surface area contributed by atoms with Crippen LogP contribution in [-0.4, -0.2) is 30.5 Å². The average Bonchev–Trinajstić information content (AvgIpc) is 3.30. The number of benzene rings is 1. The number of rotatable bonds is 7. The first-order valence-electron chi connectivity index (χ1n) is 9.17. The second-order valence-corrected chi connectivity index (χ2v) is 6.53. The Labute approximate surface area is 171 Å². The van der Waals surface area contributed by atoms with Gasteiger partial charge in [0.2, 0.25) is 0 Å². The molecule has 0 saturated carbocycles. The molecule has 30 heavy (non-hydrogen) atoms. The lowest BCUT2D eigenvalue weighted by Crippen LogP contribution is -2.10. The third-order valence-corrected chi connectivity index (χ3v) is 4.45. The second-order valence-electron chi connectivity index (χ2n) is 6.53. The molecule has 4 aromatic rings. The normalized spacial score (nSPS) is 10.7. The van der Waals surface area contributed by atoms with Crippen LogP contribution in [0.3, 0.4) is 0 Å². The minimum Gasteiger partial charge on any atom is -0.382 e. The van der Waals surface area contributed by atoms with Crippen molar-refractivity contribution in [2.75, 3.05) is 11.1 Å². The Bertz CT molecular complexity index is 1160. The summed E-state index contributed by atoms with van der Waals surface area (Å²) >= 11 is 0. The molecule has 150 valence electrons. The summed E-state index contributed by atoms with van der Waals surface area (Å²) in [5.74, 6) is 0.267. The smallest absolute Gasteiger partial charge is 0.187 e. The number of anilines is 2. The van der Waals surface area contributed by atoms with Crippen molar-refractivity contribution in [3.05, 3.63) is 90.0 Å². The molecule has 0 atom stereocenters. The van der Waals surface area contributed by atoms with Gasteiger partial charge in [0.15, 0.2) is 11.6 Å². The van der Waals surface area contributed by atoms with Crippen LogP contribution < -0.4 is 11.1 Å². The fourth-order valence-electron chi connectivity index (χ4n) is 2.89. The van der Waals surface area contributed by atoms with Gasteiger partial charge in [0.05, 0.1) is 18.1 Å². The lowest BCUT2D eigenvalue weighted by atomic mass is 10.0. The monoisotopic (exact) mass is 403 g/mol. The van der Waals surface area contributed by atoms with Crippen molar-refractivity contribution in [2.45, 2.75) is 13.0 Å². The number of hydrogen-bond acceptors (Lipinski definition) is 7. The van der Waals surface area contributed by atoms with E-state index in [1.165, 1.54) is 18.5 Å². The molecule has 0 unspecified atom stereocenters. The number of ketones is 1. The van der Waals surface area contributed by atoms with Gasteiger partial charge in [0.1, 0.15) is 17.3 Å². The van der Waals surface area contributed by atoms with Crippen molar-refractivity contribution in [1.29, 1.82) is 0 Å². The molecule has 8 nitrogen and oxygen atoms in total. The third kappa shape index (κ3) is 4.30. The van der Waals surface area contributed by atoms with Gasteiger partial charge in [-0.15, -0.1) is 0 Å². The van der Waals surface area contributed by atoms with Crippen molar-refractivity contribution >= 4 is 17.3 Å². The van der Waals surface area contributed by atoms with Crippen LogP contribution in [0.5, 0.6) is 0 Å². The minimum atomic E-state index is -0.371. The maximum Gasteiger partial charge on any atom is 0.187 e. The standard InChI is InChI=1S/C21H18FN7O/c22-16-5-4-14(9-15(16)11-25-17-3-1-6-24-21(17)23)10-19(30)18-12-27-20(13-26-18)29-8-2-7-28-29/h1-9,12-13,25H,10-11H2,(H2,23,24). The van der Waals surface area contributed by atoms with E-state index in [9.17, 15) is 9.18 Å².